The number of rotatable bonds is 9. The minimum Gasteiger partial charge on any atom is -0.478 e. The average Bonchev–Trinajstić information content (AvgIpc) is 3.61. The van der Waals surface area contributed by atoms with Crippen molar-refractivity contribution in [1.82, 2.24) is 4.90 Å². The summed E-state index contributed by atoms with van der Waals surface area (Å²) in [6, 6.07) is 22.4. The number of nitrogens with zero attached hydrogens (tertiary/aromatic N) is 2. The molecule has 6 nitrogen and oxygen atoms in total. The molecule has 3 aromatic carbocycles. The van der Waals surface area contributed by atoms with Crippen molar-refractivity contribution < 1.29 is 18.3 Å². The molecule has 2 atom stereocenters. The molecule has 0 bridgehead atoms. The lowest BCUT2D eigenvalue weighted by molar-refractivity contribution is 0.0697. The second kappa shape index (κ2) is 10.8. The Kier molecular flexibility index (Phi) is 7.21. The van der Waals surface area contributed by atoms with E-state index in [1.54, 1.807) is 40.7 Å². The van der Waals surface area contributed by atoms with E-state index in [-0.39, 0.29) is 0 Å². The number of hydrogen-bond acceptors (Lipinski definition) is 4. The Balaban J connectivity index is 0.976. The highest BCUT2D eigenvalue weighted by Gasteiger charge is 2.39. The van der Waals surface area contributed by atoms with E-state index >= 15 is 0 Å². The van der Waals surface area contributed by atoms with Gasteiger partial charge in [0.05, 0.1) is 16.1 Å². The third-order valence-electron chi connectivity index (χ3n) is 8.90. The predicted octanol–water partition coefficient (Wildman–Crippen LogP) is 5.93. The van der Waals surface area contributed by atoms with Gasteiger partial charge in [-0.15, -0.1) is 0 Å². The zero-order valence-electron chi connectivity index (χ0n) is 22.2. The van der Waals surface area contributed by atoms with Gasteiger partial charge >= 0.3 is 5.97 Å². The summed E-state index contributed by atoms with van der Waals surface area (Å²) in [7, 11) is -3.52. The smallest absolute Gasteiger partial charge is 0.335 e. The van der Waals surface area contributed by atoms with Gasteiger partial charge in [-0.1, -0.05) is 48.9 Å². The van der Waals surface area contributed by atoms with Crippen LogP contribution in [-0.4, -0.2) is 44.0 Å². The van der Waals surface area contributed by atoms with E-state index in [4.69, 9.17) is 5.11 Å². The van der Waals surface area contributed by atoms with E-state index in [0.717, 1.165) is 49.1 Å². The van der Waals surface area contributed by atoms with Crippen molar-refractivity contribution in [2.45, 2.75) is 55.9 Å². The van der Waals surface area contributed by atoms with Gasteiger partial charge in [-0.25, -0.2) is 13.2 Å². The van der Waals surface area contributed by atoms with E-state index in [2.05, 4.69) is 17.0 Å². The molecule has 1 N–H and O–H groups in total. The van der Waals surface area contributed by atoms with Crippen LogP contribution in [0.4, 0.5) is 5.69 Å². The van der Waals surface area contributed by atoms with E-state index < -0.39 is 16.0 Å². The van der Waals surface area contributed by atoms with Crippen LogP contribution in [0, 0.1) is 11.8 Å². The van der Waals surface area contributed by atoms with Gasteiger partial charge in [-0.2, -0.15) is 0 Å². The van der Waals surface area contributed by atoms with Crippen molar-refractivity contribution in [3.63, 3.8) is 0 Å². The Labute approximate surface area is 231 Å². The number of piperidine rings is 1. The van der Waals surface area contributed by atoms with Crippen LogP contribution in [0.5, 0.6) is 0 Å². The largest absolute Gasteiger partial charge is 0.478 e. The highest BCUT2D eigenvalue weighted by molar-refractivity contribution is 7.92. The number of carboxylic acid groups (broad SMARTS) is 1. The fourth-order valence-corrected chi connectivity index (χ4v) is 7.98. The Morgan fingerprint density at radius 3 is 2.36 bits per heavy atom. The van der Waals surface area contributed by atoms with Gasteiger partial charge in [0.25, 0.3) is 10.0 Å². The van der Waals surface area contributed by atoms with Crippen molar-refractivity contribution >= 4 is 21.7 Å². The zero-order valence-corrected chi connectivity index (χ0v) is 23.0. The molecule has 3 aromatic rings. The molecule has 0 amide bonds. The van der Waals surface area contributed by atoms with Crippen LogP contribution >= 0.6 is 0 Å². The van der Waals surface area contributed by atoms with E-state index in [1.165, 1.54) is 43.2 Å². The van der Waals surface area contributed by atoms with Crippen molar-refractivity contribution in [2.75, 3.05) is 23.9 Å². The van der Waals surface area contributed by atoms with E-state index in [1.807, 2.05) is 24.3 Å². The standard InChI is InChI=1S/C32H36N2O4S/c35-32(36)25-9-7-24(8-10-25)22-33-17-14-23(15-18-33)6-11-27-21-30(27)26-12-13-31-28(20-26)16-19-34(31)39(37,38)29-4-2-1-3-5-29/h1-5,7-10,12-13,20,23,27,30H,6,11,14-19,21-22H2,(H,35,36). The number of aromatic carboxylic acids is 1. The highest BCUT2D eigenvalue weighted by atomic mass is 32.2. The molecule has 3 aliphatic rings. The number of anilines is 1. The Hall–Kier alpha value is -3.16. The van der Waals surface area contributed by atoms with Crippen molar-refractivity contribution in [3.8, 4) is 0 Å². The number of carbonyl (C=O) groups is 1. The lowest BCUT2D eigenvalue weighted by atomic mass is 9.90. The third kappa shape index (κ3) is 5.61. The number of benzene rings is 3. The fourth-order valence-electron chi connectivity index (χ4n) is 6.46. The van der Waals surface area contributed by atoms with Crippen LogP contribution in [0.15, 0.2) is 77.7 Å². The van der Waals surface area contributed by atoms with Crippen molar-refractivity contribution in [3.05, 3.63) is 95.1 Å². The first-order valence-electron chi connectivity index (χ1n) is 14.1. The molecule has 0 aromatic heterocycles. The quantitative estimate of drug-likeness (QED) is 0.361. The molecule has 2 fully saturated rings. The molecule has 2 aliphatic heterocycles. The van der Waals surface area contributed by atoms with Gasteiger partial charge in [0.2, 0.25) is 0 Å². The summed E-state index contributed by atoms with van der Waals surface area (Å²) in [5.74, 6) is 1.27. The number of hydrogen-bond donors (Lipinski definition) is 1. The van der Waals surface area contributed by atoms with E-state index in [9.17, 15) is 13.2 Å². The Bertz CT molecular complexity index is 1430. The monoisotopic (exact) mass is 544 g/mol. The minimum absolute atomic E-state index is 0.341. The van der Waals surface area contributed by atoms with Crippen molar-refractivity contribution in [1.29, 1.82) is 0 Å². The van der Waals surface area contributed by atoms with Crippen LogP contribution in [0.3, 0.4) is 0 Å². The molecule has 0 radical (unpaired) electrons. The van der Waals surface area contributed by atoms with Crippen LogP contribution in [0.25, 0.3) is 0 Å². The molecule has 1 saturated carbocycles. The molecule has 6 rings (SSSR count). The number of likely N-dealkylation sites (tertiary alicyclic amines) is 1. The lowest BCUT2D eigenvalue weighted by Crippen LogP contribution is -2.33. The lowest BCUT2D eigenvalue weighted by Gasteiger charge is -2.32. The molecule has 204 valence electrons. The van der Waals surface area contributed by atoms with Crippen molar-refractivity contribution in [2.24, 2.45) is 11.8 Å². The van der Waals surface area contributed by atoms with Gasteiger partial charge in [0, 0.05) is 13.1 Å². The molecular weight excluding hydrogens is 508 g/mol. The van der Waals surface area contributed by atoms with Gasteiger partial charge in [-0.05, 0) is 110 Å². The minimum atomic E-state index is -3.52. The van der Waals surface area contributed by atoms with Gasteiger partial charge in [-0.3, -0.25) is 9.21 Å². The summed E-state index contributed by atoms with van der Waals surface area (Å²) in [5.41, 5.74) is 4.89. The zero-order chi connectivity index (χ0) is 27.0. The summed E-state index contributed by atoms with van der Waals surface area (Å²) in [6.07, 6.45) is 7.04. The SMILES string of the molecule is O=C(O)c1ccc(CN2CCC(CCC3CC3c3ccc4c(c3)CCN4S(=O)(=O)c3ccccc3)CC2)cc1. The van der Waals surface area contributed by atoms with Crippen LogP contribution in [0.1, 0.15) is 65.1 Å². The normalized spacial score (nSPS) is 21.6. The molecule has 1 aliphatic carbocycles. The van der Waals surface area contributed by atoms with Crippen LogP contribution < -0.4 is 4.31 Å². The first kappa shape index (κ1) is 26.1. The predicted molar refractivity (Wildman–Crippen MR) is 153 cm³/mol. The van der Waals surface area contributed by atoms with Gasteiger partial charge in [0.15, 0.2) is 0 Å². The first-order chi connectivity index (χ1) is 18.9. The van der Waals surface area contributed by atoms with Gasteiger partial charge in [0.1, 0.15) is 0 Å². The summed E-state index contributed by atoms with van der Waals surface area (Å²) in [5, 5.41) is 9.08. The summed E-state index contributed by atoms with van der Waals surface area (Å²) < 4.78 is 27.9. The average molecular weight is 545 g/mol. The third-order valence-corrected chi connectivity index (χ3v) is 10.7. The molecule has 2 unspecified atom stereocenters. The summed E-state index contributed by atoms with van der Waals surface area (Å²) in [6.45, 7) is 3.61. The Morgan fingerprint density at radius 1 is 0.897 bits per heavy atom. The Morgan fingerprint density at radius 2 is 1.64 bits per heavy atom. The maximum absolute atomic E-state index is 13.2. The highest BCUT2D eigenvalue weighted by Crippen LogP contribution is 2.52. The molecule has 1 saturated heterocycles. The van der Waals surface area contributed by atoms with Crippen LogP contribution in [-0.2, 0) is 23.0 Å². The molecular formula is C32H36N2O4S. The molecule has 0 spiro atoms. The second-order valence-corrected chi connectivity index (χ2v) is 13.3. The maximum Gasteiger partial charge on any atom is 0.335 e. The first-order valence-corrected chi connectivity index (χ1v) is 15.6. The summed E-state index contributed by atoms with van der Waals surface area (Å²) in [4.78, 5) is 13.9. The fraction of sp³-hybridized carbons (Fsp3) is 0.406. The summed E-state index contributed by atoms with van der Waals surface area (Å²) >= 11 is 0. The molecule has 2 heterocycles. The maximum atomic E-state index is 13.2. The van der Waals surface area contributed by atoms with Crippen LogP contribution in [0.2, 0.25) is 0 Å². The molecule has 7 heteroatoms. The second-order valence-electron chi connectivity index (χ2n) is 11.4. The van der Waals surface area contributed by atoms with E-state index in [0.29, 0.717) is 22.9 Å². The number of fused-ring (bicyclic) bond motifs is 1. The number of carboxylic acids is 1. The molecule has 39 heavy (non-hydrogen) atoms. The number of sulfonamides is 1. The van der Waals surface area contributed by atoms with Gasteiger partial charge < -0.3 is 5.11 Å². The topological polar surface area (TPSA) is 77.9 Å².